The smallest absolute Gasteiger partial charge is 0.167 e. The molecule has 2 heterocycles. The van der Waals surface area contributed by atoms with E-state index < -0.39 is 0 Å². The molecule has 76 valence electrons. The fourth-order valence-corrected chi connectivity index (χ4v) is 2.96. The number of hydrogen-bond donors (Lipinski definition) is 0. The molecule has 0 saturated carbocycles. The minimum Gasteiger partial charge on any atom is -0.369 e. The second-order valence-corrected chi connectivity index (χ2v) is 5.34. The van der Waals surface area contributed by atoms with Gasteiger partial charge in [0.2, 0.25) is 0 Å². The fourth-order valence-electron chi connectivity index (χ4n) is 1.37. The first kappa shape index (κ1) is 10.2. The van der Waals surface area contributed by atoms with Crippen molar-refractivity contribution in [3.05, 3.63) is 22.4 Å². The van der Waals surface area contributed by atoms with E-state index in [1.54, 1.807) is 23.1 Å². The van der Waals surface area contributed by atoms with Crippen LogP contribution >= 0.6 is 23.1 Å². The molecule has 2 rings (SSSR count). The van der Waals surface area contributed by atoms with Crippen LogP contribution in [-0.4, -0.2) is 30.0 Å². The molecule has 0 aromatic carbocycles. The molecule has 1 aliphatic heterocycles. The van der Waals surface area contributed by atoms with Gasteiger partial charge < -0.3 is 4.74 Å². The van der Waals surface area contributed by atoms with E-state index >= 15 is 0 Å². The van der Waals surface area contributed by atoms with E-state index in [0.29, 0.717) is 13.0 Å². The molecule has 1 saturated heterocycles. The van der Waals surface area contributed by atoms with Crippen LogP contribution in [0.5, 0.6) is 0 Å². The van der Waals surface area contributed by atoms with E-state index in [1.165, 1.54) is 0 Å². The standard InChI is InChI=1S/C10H12O2S2/c11-9(6-8-2-1-4-14-8)10-7-13-5-3-12-10/h1-2,4,10H,3,5-7H2. The van der Waals surface area contributed by atoms with Gasteiger partial charge in [-0.2, -0.15) is 11.8 Å². The molecule has 1 fully saturated rings. The molecule has 0 spiro atoms. The molecule has 1 unspecified atom stereocenters. The van der Waals surface area contributed by atoms with Gasteiger partial charge in [-0.05, 0) is 11.4 Å². The molecule has 14 heavy (non-hydrogen) atoms. The largest absolute Gasteiger partial charge is 0.369 e. The lowest BCUT2D eigenvalue weighted by Gasteiger charge is -2.20. The Morgan fingerprint density at radius 1 is 1.64 bits per heavy atom. The number of ketones is 1. The molecule has 0 bridgehead atoms. The monoisotopic (exact) mass is 228 g/mol. The van der Waals surface area contributed by atoms with Crippen molar-refractivity contribution in [3.8, 4) is 0 Å². The molecule has 4 heteroatoms. The minimum absolute atomic E-state index is 0.171. The van der Waals surface area contributed by atoms with E-state index in [4.69, 9.17) is 4.74 Å². The lowest BCUT2D eigenvalue weighted by molar-refractivity contribution is -0.128. The highest BCUT2D eigenvalue weighted by Crippen LogP contribution is 2.16. The first-order valence-electron chi connectivity index (χ1n) is 4.61. The van der Waals surface area contributed by atoms with Crippen LogP contribution in [0.25, 0.3) is 0 Å². The topological polar surface area (TPSA) is 26.3 Å². The molecule has 1 atom stereocenters. The van der Waals surface area contributed by atoms with Gasteiger partial charge in [-0.15, -0.1) is 11.3 Å². The number of thioether (sulfide) groups is 1. The number of ether oxygens (including phenoxy) is 1. The van der Waals surface area contributed by atoms with Gasteiger partial charge in [0.25, 0.3) is 0 Å². The Bertz CT molecular complexity index is 289. The molecular weight excluding hydrogens is 216 g/mol. The lowest BCUT2D eigenvalue weighted by Crippen LogP contribution is -2.32. The summed E-state index contributed by atoms with van der Waals surface area (Å²) in [6.45, 7) is 0.714. The SMILES string of the molecule is O=C(Cc1cccs1)C1CSCCO1. The van der Waals surface area contributed by atoms with Crippen molar-refractivity contribution in [2.24, 2.45) is 0 Å². The van der Waals surface area contributed by atoms with Gasteiger partial charge in [0, 0.05) is 22.8 Å². The van der Waals surface area contributed by atoms with Crippen molar-refractivity contribution in [2.75, 3.05) is 18.1 Å². The summed E-state index contributed by atoms with van der Waals surface area (Å²) in [5, 5.41) is 2.00. The van der Waals surface area contributed by atoms with Crippen LogP contribution in [-0.2, 0) is 16.0 Å². The summed E-state index contributed by atoms with van der Waals surface area (Å²) in [6.07, 6.45) is 0.360. The van der Waals surface area contributed by atoms with E-state index in [-0.39, 0.29) is 11.9 Å². The van der Waals surface area contributed by atoms with Crippen LogP contribution < -0.4 is 0 Å². The lowest BCUT2D eigenvalue weighted by atomic mass is 10.1. The van der Waals surface area contributed by atoms with Crippen LogP contribution in [0.1, 0.15) is 4.88 Å². The van der Waals surface area contributed by atoms with Crippen LogP contribution in [0.15, 0.2) is 17.5 Å². The van der Waals surface area contributed by atoms with E-state index in [2.05, 4.69) is 0 Å². The number of carbonyl (C=O) groups is 1. The van der Waals surface area contributed by atoms with Crippen molar-refractivity contribution in [2.45, 2.75) is 12.5 Å². The van der Waals surface area contributed by atoms with Gasteiger partial charge in [0.05, 0.1) is 6.61 Å². The summed E-state index contributed by atoms with van der Waals surface area (Å²) in [5.41, 5.74) is 0. The predicted molar refractivity (Wildman–Crippen MR) is 60.1 cm³/mol. The molecular formula is C10H12O2S2. The second-order valence-electron chi connectivity index (χ2n) is 3.16. The van der Waals surface area contributed by atoms with Gasteiger partial charge in [0.1, 0.15) is 6.10 Å². The Kier molecular flexibility index (Phi) is 3.61. The first-order chi connectivity index (χ1) is 6.86. The van der Waals surface area contributed by atoms with Gasteiger partial charge in [-0.1, -0.05) is 6.07 Å². The van der Waals surface area contributed by atoms with Gasteiger partial charge in [-0.25, -0.2) is 0 Å². The van der Waals surface area contributed by atoms with Gasteiger partial charge in [-0.3, -0.25) is 4.79 Å². The summed E-state index contributed by atoms with van der Waals surface area (Å²) in [6, 6.07) is 3.97. The van der Waals surface area contributed by atoms with Crippen LogP contribution in [0, 0.1) is 0 Å². The Balaban J connectivity index is 1.88. The van der Waals surface area contributed by atoms with Gasteiger partial charge in [0.15, 0.2) is 5.78 Å². The van der Waals surface area contributed by atoms with Crippen molar-refractivity contribution in [3.63, 3.8) is 0 Å². The number of carbonyl (C=O) groups excluding carboxylic acids is 1. The number of Topliss-reactive ketones (excluding diaryl/α,β-unsaturated/α-hetero) is 1. The van der Waals surface area contributed by atoms with Gasteiger partial charge >= 0.3 is 0 Å². The summed E-state index contributed by atoms with van der Waals surface area (Å²) in [4.78, 5) is 12.9. The zero-order valence-corrected chi connectivity index (χ0v) is 9.40. The molecule has 0 radical (unpaired) electrons. The van der Waals surface area contributed by atoms with E-state index in [1.807, 2.05) is 17.5 Å². The highest BCUT2D eigenvalue weighted by Gasteiger charge is 2.22. The van der Waals surface area contributed by atoms with Crippen molar-refractivity contribution >= 4 is 28.9 Å². The number of hydrogen-bond acceptors (Lipinski definition) is 4. The van der Waals surface area contributed by atoms with Crippen LogP contribution in [0.4, 0.5) is 0 Å². The maximum atomic E-state index is 11.7. The van der Waals surface area contributed by atoms with Crippen molar-refractivity contribution < 1.29 is 9.53 Å². The molecule has 0 aliphatic carbocycles. The van der Waals surface area contributed by atoms with Crippen LogP contribution in [0.2, 0.25) is 0 Å². The van der Waals surface area contributed by atoms with Crippen LogP contribution in [0.3, 0.4) is 0 Å². The summed E-state index contributed by atoms with van der Waals surface area (Å²) in [5.74, 6) is 2.06. The second kappa shape index (κ2) is 4.96. The van der Waals surface area contributed by atoms with E-state index in [9.17, 15) is 4.79 Å². The van der Waals surface area contributed by atoms with E-state index in [0.717, 1.165) is 16.4 Å². The molecule has 2 nitrogen and oxygen atoms in total. The minimum atomic E-state index is -0.171. The average molecular weight is 228 g/mol. The summed E-state index contributed by atoms with van der Waals surface area (Å²) in [7, 11) is 0. The number of rotatable bonds is 3. The predicted octanol–water partition coefficient (Wildman–Crippen LogP) is 1.99. The molecule has 1 aromatic rings. The molecule has 0 amide bonds. The maximum absolute atomic E-state index is 11.7. The van der Waals surface area contributed by atoms with Crippen molar-refractivity contribution in [1.29, 1.82) is 0 Å². The third kappa shape index (κ3) is 2.59. The fraction of sp³-hybridized carbons (Fsp3) is 0.500. The maximum Gasteiger partial charge on any atom is 0.167 e. The summed E-state index contributed by atoms with van der Waals surface area (Å²) >= 11 is 3.43. The molecule has 1 aliphatic rings. The zero-order valence-electron chi connectivity index (χ0n) is 7.77. The zero-order chi connectivity index (χ0) is 9.80. The Morgan fingerprint density at radius 2 is 2.57 bits per heavy atom. The average Bonchev–Trinajstić information content (AvgIpc) is 2.72. The number of thiophene rings is 1. The Hall–Kier alpha value is -0.320. The molecule has 1 aromatic heterocycles. The highest BCUT2D eigenvalue weighted by atomic mass is 32.2. The third-order valence-corrected chi connectivity index (χ3v) is 3.97. The Labute approximate surface area is 91.7 Å². The molecule has 0 N–H and O–H groups in total. The highest BCUT2D eigenvalue weighted by molar-refractivity contribution is 7.99. The first-order valence-corrected chi connectivity index (χ1v) is 6.64. The normalized spacial score (nSPS) is 22.1. The van der Waals surface area contributed by atoms with Crippen molar-refractivity contribution in [1.82, 2.24) is 0 Å². The quantitative estimate of drug-likeness (QED) is 0.791. The Morgan fingerprint density at radius 3 is 3.21 bits per heavy atom. The third-order valence-electron chi connectivity index (χ3n) is 2.10. The summed E-state index contributed by atoms with van der Waals surface area (Å²) < 4.78 is 5.42.